The van der Waals surface area contributed by atoms with E-state index in [1.54, 1.807) is 24.3 Å². The molecule has 2 amide bonds. The molecule has 3 rings (SSSR count). The van der Waals surface area contributed by atoms with Crippen LogP contribution in [0.1, 0.15) is 59.7 Å². The van der Waals surface area contributed by atoms with Crippen molar-refractivity contribution in [2.75, 3.05) is 25.0 Å². The Morgan fingerprint density at radius 2 is 1.84 bits per heavy atom. The van der Waals surface area contributed by atoms with Crippen molar-refractivity contribution in [1.82, 2.24) is 10.2 Å². The number of carbonyl (C=O) groups is 2. The number of para-hydroxylation sites is 1. The molecule has 1 fully saturated rings. The molecule has 2 N–H and O–H groups in total. The number of likely N-dealkylation sites (tertiary alicyclic amines) is 1. The van der Waals surface area contributed by atoms with E-state index < -0.39 is 0 Å². The quantitative estimate of drug-likeness (QED) is 0.381. The topological polar surface area (TPSA) is 70.7 Å². The van der Waals surface area contributed by atoms with E-state index in [0.717, 1.165) is 49.7 Å². The Morgan fingerprint density at radius 1 is 1.09 bits per heavy atom. The molecular weight excluding hydrogens is 490 g/mol. The molecule has 1 aliphatic heterocycles. The molecule has 2 aromatic carbocycles. The van der Waals surface area contributed by atoms with E-state index in [4.69, 9.17) is 17.0 Å². The van der Waals surface area contributed by atoms with E-state index >= 15 is 0 Å². The van der Waals surface area contributed by atoms with Gasteiger partial charge in [-0.25, -0.2) is 0 Å². The van der Waals surface area contributed by atoms with Crippen molar-refractivity contribution in [3.05, 3.63) is 58.1 Å². The molecule has 0 atom stereocenters. The normalized spacial score (nSPS) is 13.4. The molecule has 1 heterocycles. The molecule has 1 aliphatic rings. The molecule has 0 spiro atoms. The summed E-state index contributed by atoms with van der Waals surface area (Å²) in [4.78, 5) is 27.8. The Labute approximate surface area is 202 Å². The number of piperidine rings is 1. The van der Waals surface area contributed by atoms with Crippen LogP contribution in [0.25, 0.3) is 0 Å². The third kappa shape index (κ3) is 6.53. The van der Waals surface area contributed by atoms with Crippen LogP contribution in [0.15, 0.2) is 46.9 Å². The van der Waals surface area contributed by atoms with E-state index in [1.807, 2.05) is 23.1 Å². The first-order chi connectivity index (χ1) is 15.5. The number of benzene rings is 2. The Bertz CT molecular complexity index is 977. The molecule has 0 radical (unpaired) electrons. The molecule has 0 aliphatic carbocycles. The Morgan fingerprint density at radius 3 is 2.59 bits per heavy atom. The van der Waals surface area contributed by atoms with Gasteiger partial charge in [0.15, 0.2) is 5.11 Å². The van der Waals surface area contributed by atoms with Crippen LogP contribution in [0.4, 0.5) is 5.69 Å². The fraction of sp³-hybridized carbons (Fsp3) is 0.375. The van der Waals surface area contributed by atoms with Gasteiger partial charge in [0.1, 0.15) is 5.75 Å². The Kier molecular flexibility index (Phi) is 9.05. The lowest BCUT2D eigenvalue weighted by atomic mass is 10.1. The lowest BCUT2D eigenvalue weighted by Crippen LogP contribution is -2.37. The molecule has 2 aromatic rings. The van der Waals surface area contributed by atoms with Gasteiger partial charge in [0.25, 0.3) is 11.8 Å². The highest BCUT2D eigenvalue weighted by molar-refractivity contribution is 9.10. The third-order valence-electron chi connectivity index (χ3n) is 5.22. The smallest absolute Gasteiger partial charge is 0.261 e. The van der Waals surface area contributed by atoms with Gasteiger partial charge in [-0.15, -0.1) is 0 Å². The standard InChI is InChI=1S/C24H28BrN3O3S/c1-2-3-15-31-21-12-11-17(25)16-19(21)22(29)27-24(32)26-20-10-6-5-9-18(20)23(30)28-13-7-4-8-14-28/h5-6,9-12,16H,2-4,7-8,13-15H2,1H3,(H2,26,27,29,32). The summed E-state index contributed by atoms with van der Waals surface area (Å²) in [5, 5.41) is 5.84. The number of hydrogen-bond donors (Lipinski definition) is 2. The van der Waals surface area contributed by atoms with Crippen molar-refractivity contribution < 1.29 is 14.3 Å². The molecule has 6 nitrogen and oxygen atoms in total. The van der Waals surface area contributed by atoms with Crippen LogP contribution in [-0.2, 0) is 0 Å². The van der Waals surface area contributed by atoms with Gasteiger partial charge in [0, 0.05) is 17.6 Å². The number of carbonyl (C=O) groups excluding carboxylic acids is 2. The average Bonchev–Trinajstić information content (AvgIpc) is 2.80. The minimum Gasteiger partial charge on any atom is -0.493 e. The minimum atomic E-state index is -0.380. The molecule has 0 aromatic heterocycles. The highest BCUT2D eigenvalue weighted by Crippen LogP contribution is 2.24. The number of ether oxygens (including phenoxy) is 1. The molecule has 8 heteroatoms. The molecular formula is C24H28BrN3O3S. The van der Waals surface area contributed by atoms with Crippen molar-refractivity contribution >= 4 is 50.8 Å². The summed E-state index contributed by atoms with van der Waals surface area (Å²) in [6.07, 6.45) is 5.09. The van der Waals surface area contributed by atoms with Gasteiger partial charge in [-0.3, -0.25) is 14.9 Å². The van der Waals surface area contributed by atoms with Crippen LogP contribution in [0.2, 0.25) is 0 Å². The summed E-state index contributed by atoms with van der Waals surface area (Å²) in [5.74, 6) is 0.0956. The number of nitrogens with zero attached hydrogens (tertiary/aromatic N) is 1. The van der Waals surface area contributed by atoms with Gasteiger partial charge in [0.2, 0.25) is 0 Å². The second kappa shape index (κ2) is 12.0. The highest BCUT2D eigenvalue weighted by Gasteiger charge is 2.21. The van der Waals surface area contributed by atoms with Crippen molar-refractivity contribution in [1.29, 1.82) is 0 Å². The van der Waals surface area contributed by atoms with Gasteiger partial charge < -0.3 is 15.0 Å². The maximum Gasteiger partial charge on any atom is 0.261 e. The predicted molar refractivity (Wildman–Crippen MR) is 134 cm³/mol. The second-order valence-electron chi connectivity index (χ2n) is 7.65. The van der Waals surface area contributed by atoms with Gasteiger partial charge in [0.05, 0.1) is 23.4 Å². The van der Waals surface area contributed by atoms with Gasteiger partial charge >= 0.3 is 0 Å². The van der Waals surface area contributed by atoms with Crippen LogP contribution >= 0.6 is 28.1 Å². The number of halogens is 1. The Balaban J connectivity index is 1.69. The average molecular weight is 518 g/mol. The number of anilines is 1. The zero-order chi connectivity index (χ0) is 22.9. The fourth-order valence-corrected chi connectivity index (χ4v) is 4.07. The first kappa shape index (κ1) is 24.2. The van der Waals surface area contributed by atoms with E-state index in [1.165, 1.54) is 0 Å². The molecule has 0 saturated carbocycles. The lowest BCUT2D eigenvalue weighted by molar-refractivity contribution is 0.0725. The zero-order valence-corrected chi connectivity index (χ0v) is 20.6. The van der Waals surface area contributed by atoms with E-state index in [2.05, 4.69) is 33.5 Å². The molecule has 0 unspecified atom stereocenters. The second-order valence-corrected chi connectivity index (χ2v) is 8.97. The van der Waals surface area contributed by atoms with Crippen molar-refractivity contribution in [2.24, 2.45) is 0 Å². The largest absolute Gasteiger partial charge is 0.493 e. The number of unbranched alkanes of at least 4 members (excludes halogenated alkanes) is 1. The molecule has 0 bridgehead atoms. The summed E-state index contributed by atoms with van der Waals surface area (Å²) >= 11 is 8.78. The van der Waals surface area contributed by atoms with E-state index in [9.17, 15) is 9.59 Å². The molecule has 32 heavy (non-hydrogen) atoms. The van der Waals surface area contributed by atoms with Gasteiger partial charge in [-0.2, -0.15) is 0 Å². The number of thiocarbonyl (C=S) groups is 1. The number of amides is 2. The van der Waals surface area contributed by atoms with Crippen molar-refractivity contribution in [2.45, 2.75) is 39.0 Å². The van der Waals surface area contributed by atoms with E-state index in [-0.39, 0.29) is 16.9 Å². The van der Waals surface area contributed by atoms with Crippen molar-refractivity contribution in [3.63, 3.8) is 0 Å². The third-order valence-corrected chi connectivity index (χ3v) is 5.92. The van der Waals surface area contributed by atoms with E-state index in [0.29, 0.717) is 29.2 Å². The van der Waals surface area contributed by atoms with Crippen LogP contribution in [-0.4, -0.2) is 41.5 Å². The fourth-order valence-electron chi connectivity index (χ4n) is 3.50. The monoisotopic (exact) mass is 517 g/mol. The summed E-state index contributed by atoms with van der Waals surface area (Å²) in [5.41, 5.74) is 1.50. The summed E-state index contributed by atoms with van der Waals surface area (Å²) in [6, 6.07) is 12.5. The summed E-state index contributed by atoms with van der Waals surface area (Å²) in [7, 11) is 0. The Hall–Kier alpha value is -2.45. The minimum absolute atomic E-state index is 0.0273. The SMILES string of the molecule is CCCCOc1ccc(Br)cc1C(=O)NC(=S)Nc1ccccc1C(=O)N1CCCCC1. The van der Waals surface area contributed by atoms with Gasteiger partial charge in [-0.05, 0) is 68.2 Å². The van der Waals surface area contributed by atoms with Crippen LogP contribution in [0.5, 0.6) is 5.75 Å². The predicted octanol–water partition coefficient (Wildman–Crippen LogP) is 5.38. The lowest BCUT2D eigenvalue weighted by Gasteiger charge is -2.27. The first-order valence-corrected chi connectivity index (χ1v) is 12.1. The highest BCUT2D eigenvalue weighted by atomic mass is 79.9. The first-order valence-electron chi connectivity index (χ1n) is 10.9. The maximum absolute atomic E-state index is 13.0. The summed E-state index contributed by atoms with van der Waals surface area (Å²) in [6.45, 7) is 4.14. The van der Waals surface area contributed by atoms with Crippen LogP contribution < -0.4 is 15.4 Å². The number of rotatable bonds is 7. The van der Waals surface area contributed by atoms with Gasteiger partial charge in [-0.1, -0.05) is 41.4 Å². The summed E-state index contributed by atoms with van der Waals surface area (Å²) < 4.78 is 6.54. The molecule has 170 valence electrons. The maximum atomic E-state index is 13.0. The molecule has 1 saturated heterocycles. The van der Waals surface area contributed by atoms with Crippen LogP contribution in [0.3, 0.4) is 0 Å². The number of hydrogen-bond acceptors (Lipinski definition) is 4. The number of nitrogens with one attached hydrogen (secondary N) is 2. The van der Waals surface area contributed by atoms with Crippen LogP contribution in [0, 0.1) is 0 Å². The zero-order valence-electron chi connectivity index (χ0n) is 18.2. The van der Waals surface area contributed by atoms with Crippen molar-refractivity contribution in [3.8, 4) is 5.75 Å².